The van der Waals surface area contributed by atoms with Gasteiger partial charge in [0.1, 0.15) is 5.82 Å². The van der Waals surface area contributed by atoms with Crippen molar-refractivity contribution >= 4 is 28.3 Å². The summed E-state index contributed by atoms with van der Waals surface area (Å²) in [7, 11) is 0. The van der Waals surface area contributed by atoms with Gasteiger partial charge in [-0.25, -0.2) is 9.97 Å². The van der Waals surface area contributed by atoms with Gasteiger partial charge in [-0.3, -0.25) is 9.78 Å². The summed E-state index contributed by atoms with van der Waals surface area (Å²) in [5.74, 6) is -0.780. The van der Waals surface area contributed by atoms with Crippen molar-refractivity contribution in [1.82, 2.24) is 20.3 Å². The molecule has 6 nitrogen and oxygen atoms in total. The molecule has 2 aromatic heterocycles. The molecule has 2 N–H and O–H groups in total. The standard InChI is InChI=1S/C25H19F6N5O/c1-2-11-33-23(37)22-35-19-13-14(20-18(25(29,30)31)4-3-12-32-20)5-10-17(19)21(36-22)34-16-8-6-15(7-9-16)24(26,27)28/h3-10,12-13H,2,11H2,1H3,(H,33,37)(H,34,35,36). The molecule has 0 unspecified atom stereocenters. The molecule has 37 heavy (non-hydrogen) atoms. The molecular weight excluding hydrogens is 500 g/mol. The van der Waals surface area contributed by atoms with Gasteiger partial charge in [0.15, 0.2) is 0 Å². The summed E-state index contributed by atoms with van der Waals surface area (Å²) >= 11 is 0. The number of fused-ring (bicyclic) bond motifs is 1. The predicted molar refractivity (Wildman–Crippen MR) is 125 cm³/mol. The molecule has 0 aliphatic heterocycles. The Hall–Kier alpha value is -4.22. The van der Waals surface area contributed by atoms with Gasteiger partial charge < -0.3 is 10.6 Å². The predicted octanol–water partition coefficient (Wildman–Crippen LogP) is 6.61. The fourth-order valence-corrected chi connectivity index (χ4v) is 3.53. The minimum atomic E-state index is -4.65. The SMILES string of the molecule is CCCNC(=O)c1nc(Nc2ccc(C(F)(F)F)cc2)c2ccc(-c3ncccc3C(F)(F)F)cc2n1. The minimum absolute atomic E-state index is 0.0926. The van der Waals surface area contributed by atoms with Crippen molar-refractivity contribution in [2.45, 2.75) is 25.7 Å². The van der Waals surface area contributed by atoms with E-state index < -0.39 is 29.4 Å². The van der Waals surface area contributed by atoms with Crippen LogP contribution in [0.1, 0.15) is 35.1 Å². The minimum Gasteiger partial charge on any atom is -0.349 e. The number of halogens is 6. The van der Waals surface area contributed by atoms with E-state index in [1.165, 1.54) is 42.6 Å². The number of anilines is 2. The van der Waals surface area contributed by atoms with E-state index >= 15 is 0 Å². The number of alkyl halides is 6. The van der Waals surface area contributed by atoms with Crippen molar-refractivity contribution in [2.24, 2.45) is 0 Å². The summed E-state index contributed by atoms with van der Waals surface area (Å²) < 4.78 is 79.4. The Morgan fingerprint density at radius 1 is 0.919 bits per heavy atom. The molecule has 0 aliphatic rings. The van der Waals surface area contributed by atoms with Crippen LogP contribution >= 0.6 is 0 Å². The molecule has 0 atom stereocenters. The van der Waals surface area contributed by atoms with Gasteiger partial charge in [-0.2, -0.15) is 26.3 Å². The lowest BCUT2D eigenvalue weighted by Crippen LogP contribution is -2.26. The van der Waals surface area contributed by atoms with E-state index in [0.717, 1.165) is 18.2 Å². The van der Waals surface area contributed by atoms with Gasteiger partial charge in [-0.1, -0.05) is 13.0 Å². The number of hydrogen-bond donors (Lipinski definition) is 2. The van der Waals surface area contributed by atoms with Crippen molar-refractivity contribution < 1.29 is 31.1 Å². The zero-order valence-corrected chi connectivity index (χ0v) is 19.2. The lowest BCUT2D eigenvalue weighted by Gasteiger charge is -2.14. The van der Waals surface area contributed by atoms with E-state index in [1.54, 1.807) is 0 Å². The molecule has 2 aromatic carbocycles. The van der Waals surface area contributed by atoms with Crippen molar-refractivity contribution in [1.29, 1.82) is 0 Å². The Bertz CT molecular complexity index is 1430. The molecule has 1 amide bonds. The maximum atomic E-state index is 13.5. The topological polar surface area (TPSA) is 79.8 Å². The largest absolute Gasteiger partial charge is 0.418 e. The lowest BCUT2D eigenvalue weighted by molar-refractivity contribution is -0.138. The maximum Gasteiger partial charge on any atom is 0.418 e. The van der Waals surface area contributed by atoms with Crippen LogP contribution in [0.4, 0.5) is 37.8 Å². The van der Waals surface area contributed by atoms with Gasteiger partial charge in [0.05, 0.1) is 22.3 Å². The molecule has 2 heterocycles. The normalized spacial score (nSPS) is 12.0. The second-order valence-electron chi connectivity index (χ2n) is 7.98. The Labute approximate surface area is 206 Å². The highest BCUT2D eigenvalue weighted by Crippen LogP contribution is 2.37. The second kappa shape index (κ2) is 10.0. The summed E-state index contributed by atoms with van der Waals surface area (Å²) in [6.07, 6.45) is -7.29. The number of aromatic nitrogens is 3. The molecule has 0 saturated heterocycles. The third kappa shape index (κ3) is 5.79. The number of carbonyl (C=O) groups excluding carboxylic acids is 1. The summed E-state index contributed by atoms with van der Waals surface area (Å²) in [5, 5.41) is 5.84. The molecule has 4 aromatic rings. The molecule has 0 saturated carbocycles. The Kier molecular flexibility index (Phi) is 7.01. The van der Waals surface area contributed by atoms with Crippen LogP contribution in [0.15, 0.2) is 60.8 Å². The molecule has 192 valence electrons. The van der Waals surface area contributed by atoms with Crippen LogP contribution in [0.25, 0.3) is 22.2 Å². The van der Waals surface area contributed by atoms with Crippen LogP contribution in [-0.4, -0.2) is 27.4 Å². The fourth-order valence-electron chi connectivity index (χ4n) is 3.53. The highest BCUT2D eigenvalue weighted by atomic mass is 19.4. The number of rotatable bonds is 6. The monoisotopic (exact) mass is 519 g/mol. The fraction of sp³-hybridized carbons (Fsp3) is 0.200. The van der Waals surface area contributed by atoms with Crippen LogP contribution in [0.3, 0.4) is 0 Å². The number of amides is 1. The zero-order valence-electron chi connectivity index (χ0n) is 19.2. The molecule has 0 fully saturated rings. The van der Waals surface area contributed by atoms with Crippen molar-refractivity contribution in [3.05, 3.63) is 77.7 Å². The first-order chi connectivity index (χ1) is 17.5. The van der Waals surface area contributed by atoms with E-state index in [2.05, 4.69) is 25.6 Å². The number of nitrogens with one attached hydrogen (secondary N) is 2. The van der Waals surface area contributed by atoms with Crippen LogP contribution in [0.5, 0.6) is 0 Å². The van der Waals surface area contributed by atoms with Crippen LogP contribution in [0, 0.1) is 0 Å². The summed E-state index contributed by atoms with van der Waals surface area (Å²) in [4.78, 5) is 24.9. The molecule has 12 heteroatoms. The molecule has 0 radical (unpaired) electrons. The Balaban J connectivity index is 1.82. The third-order valence-corrected chi connectivity index (χ3v) is 5.30. The van der Waals surface area contributed by atoms with Gasteiger partial charge in [-0.15, -0.1) is 0 Å². The molecular formula is C25H19F6N5O. The lowest BCUT2D eigenvalue weighted by atomic mass is 10.0. The first-order valence-corrected chi connectivity index (χ1v) is 11.0. The van der Waals surface area contributed by atoms with E-state index in [0.29, 0.717) is 18.4 Å². The van der Waals surface area contributed by atoms with Crippen molar-refractivity contribution in [3.8, 4) is 11.3 Å². The quantitative estimate of drug-likeness (QED) is 0.280. The zero-order chi connectivity index (χ0) is 26.8. The van der Waals surface area contributed by atoms with Crippen LogP contribution < -0.4 is 10.6 Å². The Morgan fingerprint density at radius 3 is 2.30 bits per heavy atom. The average molecular weight is 519 g/mol. The highest BCUT2D eigenvalue weighted by Gasteiger charge is 2.34. The summed E-state index contributed by atoms with van der Waals surface area (Å²) in [6.45, 7) is 2.18. The smallest absolute Gasteiger partial charge is 0.349 e. The molecule has 0 bridgehead atoms. The van der Waals surface area contributed by atoms with Gasteiger partial charge >= 0.3 is 12.4 Å². The van der Waals surface area contributed by atoms with Gasteiger partial charge in [0.25, 0.3) is 5.91 Å². The van der Waals surface area contributed by atoms with E-state index in [4.69, 9.17) is 0 Å². The van der Waals surface area contributed by atoms with E-state index in [1.807, 2.05) is 6.92 Å². The number of hydrogen-bond acceptors (Lipinski definition) is 5. The number of carbonyl (C=O) groups is 1. The average Bonchev–Trinajstić information content (AvgIpc) is 2.86. The van der Waals surface area contributed by atoms with Crippen molar-refractivity contribution in [2.75, 3.05) is 11.9 Å². The van der Waals surface area contributed by atoms with Crippen LogP contribution in [0.2, 0.25) is 0 Å². The van der Waals surface area contributed by atoms with Gasteiger partial charge in [-0.05, 0) is 55.0 Å². The van der Waals surface area contributed by atoms with Crippen molar-refractivity contribution in [3.63, 3.8) is 0 Å². The molecule has 4 rings (SSSR count). The maximum absolute atomic E-state index is 13.5. The van der Waals surface area contributed by atoms with Crippen LogP contribution in [-0.2, 0) is 12.4 Å². The molecule has 0 aliphatic carbocycles. The second-order valence-corrected chi connectivity index (χ2v) is 7.98. The first kappa shape index (κ1) is 25.9. The van der Waals surface area contributed by atoms with Gasteiger partial charge in [0, 0.05) is 29.4 Å². The number of benzene rings is 2. The van der Waals surface area contributed by atoms with E-state index in [-0.39, 0.29) is 34.1 Å². The van der Waals surface area contributed by atoms with Gasteiger partial charge in [0.2, 0.25) is 5.82 Å². The van der Waals surface area contributed by atoms with E-state index in [9.17, 15) is 31.1 Å². The first-order valence-electron chi connectivity index (χ1n) is 11.0. The Morgan fingerprint density at radius 2 is 1.65 bits per heavy atom. The number of nitrogens with zero attached hydrogens (tertiary/aromatic N) is 3. The summed E-state index contributed by atoms with van der Waals surface area (Å²) in [6, 6.07) is 10.5. The highest BCUT2D eigenvalue weighted by molar-refractivity contribution is 5.98. The number of pyridine rings is 1. The molecule has 0 spiro atoms. The third-order valence-electron chi connectivity index (χ3n) is 5.30. The summed E-state index contributed by atoms with van der Waals surface area (Å²) in [5.41, 5.74) is -1.59.